The summed E-state index contributed by atoms with van der Waals surface area (Å²) in [5.74, 6) is 0. The van der Waals surface area contributed by atoms with Gasteiger partial charge in [-0.25, -0.2) is 0 Å². The van der Waals surface area contributed by atoms with Gasteiger partial charge in [-0.3, -0.25) is 0 Å². The largest absolute Gasteiger partial charge is 0.344 e. The molecule has 2 heterocycles. The van der Waals surface area contributed by atoms with Gasteiger partial charge in [0, 0.05) is 65.1 Å². The molecule has 0 saturated carbocycles. The van der Waals surface area contributed by atoms with Gasteiger partial charge in [0.05, 0.1) is 11.0 Å². The Balaban J connectivity index is 1.49. The first-order chi connectivity index (χ1) is 15.4. The Hall–Kier alpha value is -3.72. The number of fused-ring (bicyclic) bond motifs is 6. The van der Waals surface area contributed by atoms with Gasteiger partial charge in [-0.1, -0.05) is 36.4 Å². The van der Waals surface area contributed by atoms with E-state index in [2.05, 4.69) is 122 Å². The van der Waals surface area contributed by atoms with E-state index in [0.29, 0.717) is 0 Å². The molecule has 0 saturated heterocycles. The van der Waals surface area contributed by atoms with Crippen LogP contribution in [0.1, 0.15) is 11.1 Å². The second-order valence-electron chi connectivity index (χ2n) is 9.12. The smallest absolute Gasteiger partial charge is 0.0509 e. The maximum atomic E-state index is 2.31. The van der Waals surface area contributed by atoms with E-state index in [-0.39, 0.29) is 0 Å². The SMILES string of the molecule is Cc1ccc2c3ccc(N(C)c4ccc5c6ccc(C)cc6n(C)c5c4)cc3n(C)c2c1. The average Bonchev–Trinajstić information content (AvgIpc) is 3.24. The van der Waals surface area contributed by atoms with Crippen molar-refractivity contribution in [2.45, 2.75) is 13.8 Å². The maximum absolute atomic E-state index is 2.31. The minimum atomic E-state index is 1.19. The van der Waals surface area contributed by atoms with Crippen LogP contribution >= 0.6 is 0 Å². The molecule has 0 fully saturated rings. The first-order valence-corrected chi connectivity index (χ1v) is 11.1. The van der Waals surface area contributed by atoms with Crippen molar-refractivity contribution in [1.82, 2.24) is 9.13 Å². The molecule has 0 aliphatic carbocycles. The fraction of sp³-hybridized carbons (Fsp3) is 0.172. The van der Waals surface area contributed by atoms with Crippen LogP contribution in [-0.4, -0.2) is 16.2 Å². The third-order valence-corrected chi connectivity index (χ3v) is 7.07. The van der Waals surface area contributed by atoms with Crippen LogP contribution < -0.4 is 4.90 Å². The van der Waals surface area contributed by atoms with Crippen molar-refractivity contribution in [2.24, 2.45) is 14.1 Å². The summed E-state index contributed by atoms with van der Waals surface area (Å²) in [6, 6.07) is 27.0. The van der Waals surface area contributed by atoms with Gasteiger partial charge in [0.25, 0.3) is 0 Å². The van der Waals surface area contributed by atoms with Gasteiger partial charge in [0.1, 0.15) is 0 Å². The number of nitrogens with zero attached hydrogens (tertiary/aromatic N) is 3. The van der Waals surface area contributed by atoms with E-state index >= 15 is 0 Å². The van der Waals surface area contributed by atoms with Gasteiger partial charge in [0.15, 0.2) is 0 Å². The molecule has 32 heavy (non-hydrogen) atoms. The summed E-state index contributed by atoms with van der Waals surface area (Å²) < 4.78 is 4.62. The summed E-state index contributed by atoms with van der Waals surface area (Å²) in [5.41, 5.74) is 10.0. The van der Waals surface area contributed by atoms with Crippen LogP contribution in [0, 0.1) is 13.8 Å². The lowest BCUT2D eigenvalue weighted by atomic mass is 10.1. The molecule has 158 valence electrons. The summed E-state index contributed by atoms with van der Waals surface area (Å²) >= 11 is 0. The Labute approximate surface area is 188 Å². The number of aromatic nitrogens is 2. The summed E-state index contributed by atoms with van der Waals surface area (Å²) in [5, 5.41) is 5.24. The highest BCUT2D eigenvalue weighted by molar-refractivity contribution is 6.10. The van der Waals surface area contributed by atoms with E-state index < -0.39 is 0 Å². The minimum Gasteiger partial charge on any atom is -0.344 e. The quantitative estimate of drug-likeness (QED) is 0.287. The van der Waals surface area contributed by atoms with Crippen LogP contribution in [0.2, 0.25) is 0 Å². The van der Waals surface area contributed by atoms with Crippen LogP contribution in [0.3, 0.4) is 0 Å². The Morgan fingerprint density at radius 1 is 0.500 bits per heavy atom. The van der Waals surface area contributed by atoms with Gasteiger partial charge in [-0.05, 0) is 61.4 Å². The highest BCUT2D eigenvalue weighted by atomic mass is 15.1. The standard InChI is InChI=1S/C29H27N3/c1-18-6-10-22-24-12-8-20(16-28(24)31(4)26(22)14-18)30(3)21-9-13-25-23-11-7-19(2)15-27(23)32(5)29(25)17-21/h6-17H,1-5H3. The molecule has 0 N–H and O–H groups in total. The zero-order valence-electron chi connectivity index (χ0n) is 19.3. The van der Waals surface area contributed by atoms with Crippen LogP contribution in [0.25, 0.3) is 43.6 Å². The Morgan fingerprint density at radius 3 is 1.25 bits per heavy atom. The Kier molecular flexibility index (Phi) is 3.94. The first-order valence-electron chi connectivity index (χ1n) is 11.1. The van der Waals surface area contributed by atoms with E-state index in [1.54, 1.807) is 0 Å². The van der Waals surface area contributed by atoms with Crippen LogP contribution in [-0.2, 0) is 14.1 Å². The van der Waals surface area contributed by atoms with Gasteiger partial charge < -0.3 is 14.0 Å². The average molecular weight is 418 g/mol. The molecule has 0 bridgehead atoms. The highest BCUT2D eigenvalue weighted by Crippen LogP contribution is 2.36. The monoisotopic (exact) mass is 417 g/mol. The number of aryl methyl sites for hydroxylation is 4. The molecule has 0 spiro atoms. The zero-order valence-corrected chi connectivity index (χ0v) is 19.3. The lowest BCUT2D eigenvalue weighted by Crippen LogP contribution is -2.09. The van der Waals surface area contributed by atoms with Crippen LogP contribution in [0.5, 0.6) is 0 Å². The van der Waals surface area contributed by atoms with Gasteiger partial charge >= 0.3 is 0 Å². The number of rotatable bonds is 2. The molecule has 0 aliphatic rings. The molecule has 0 atom stereocenters. The van der Waals surface area contributed by atoms with Gasteiger partial charge in [-0.15, -0.1) is 0 Å². The van der Waals surface area contributed by atoms with E-state index in [9.17, 15) is 0 Å². The van der Waals surface area contributed by atoms with E-state index in [0.717, 1.165) is 0 Å². The second kappa shape index (κ2) is 6.64. The van der Waals surface area contributed by atoms with Crippen LogP contribution in [0.4, 0.5) is 11.4 Å². The summed E-state index contributed by atoms with van der Waals surface area (Å²) in [6.45, 7) is 4.31. The normalized spacial score (nSPS) is 11.9. The topological polar surface area (TPSA) is 13.1 Å². The Morgan fingerprint density at radius 2 is 0.844 bits per heavy atom. The van der Waals surface area contributed by atoms with E-state index in [4.69, 9.17) is 0 Å². The Bertz CT molecular complexity index is 1550. The third-order valence-electron chi connectivity index (χ3n) is 7.07. The molecule has 2 aromatic heterocycles. The van der Waals surface area contributed by atoms with Crippen molar-refractivity contribution in [3.05, 3.63) is 83.9 Å². The molecule has 3 nitrogen and oxygen atoms in total. The molecule has 0 unspecified atom stereocenters. The van der Waals surface area contributed by atoms with Crippen molar-refractivity contribution < 1.29 is 0 Å². The lowest BCUT2D eigenvalue weighted by Gasteiger charge is -2.20. The highest BCUT2D eigenvalue weighted by Gasteiger charge is 2.14. The van der Waals surface area contributed by atoms with Crippen molar-refractivity contribution in [2.75, 3.05) is 11.9 Å². The zero-order chi connectivity index (χ0) is 22.1. The fourth-order valence-electron chi connectivity index (χ4n) is 5.17. The number of anilines is 2. The van der Waals surface area contributed by atoms with Crippen molar-refractivity contribution >= 4 is 55.0 Å². The summed E-state index contributed by atoms with van der Waals surface area (Å²) in [7, 11) is 6.48. The fourth-order valence-corrected chi connectivity index (χ4v) is 5.17. The predicted molar refractivity (Wildman–Crippen MR) is 138 cm³/mol. The number of hydrogen-bond acceptors (Lipinski definition) is 1. The second-order valence-corrected chi connectivity index (χ2v) is 9.12. The maximum Gasteiger partial charge on any atom is 0.0509 e. The summed E-state index contributed by atoms with van der Waals surface area (Å²) in [6.07, 6.45) is 0. The molecule has 6 aromatic rings. The molecular weight excluding hydrogens is 390 g/mol. The van der Waals surface area contributed by atoms with Crippen molar-refractivity contribution in [1.29, 1.82) is 0 Å². The van der Waals surface area contributed by atoms with Gasteiger partial charge in [-0.2, -0.15) is 0 Å². The first kappa shape index (κ1) is 19.0. The molecular formula is C29H27N3. The van der Waals surface area contributed by atoms with Crippen molar-refractivity contribution in [3.8, 4) is 0 Å². The lowest BCUT2D eigenvalue weighted by molar-refractivity contribution is 1.01. The third kappa shape index (κ3) is 2.61. The molecule has 0 aliphatic heterocycles. The summed E-state index contributed by atoms with van der Waals surface area (Å²) in [4.78, 5) is 2.28. The van der Waals surface area contributed by atoms with Crippen molar-refractivity contribution in [3.63, 3.8) is 0 Å². The van der Waals surface area contributed by atoms with Gasteiger partial charge in [0.2, 0.25) is 0 Å². The molecule has 0 radical (unpaired) electrons. The molecule has 0 amide bonds. The van der Waals surface area contributed by atoms with E-state index in [1.807, 2.05) is 0 Å². The number of hydrogen-bond donors (Lipinski definition) is 0. The van der Waals surface area contributed by atoms with E-state index in [1.165, 1.54) is 66.1 Å². The number of benzene rings is 4. The predicted octanol–water partition coefficient (Wildman–Crippen LogP) is 7.36. The molecule has 4 aromatic carbocycles. The van der Waals surface area contributed by atoms with Crippen LogP contribution in [0.15, 0.2) is 72.8 Å². The molecule has 6 rings (SSSR count). The molecule has 3 heteroatoms. The minimum absolute atomic E-state index is 1.19.